The van der Waals surface area contributed by atoms with Crippen LogP contribution < -0.4 is 5.32 Å². The SMILES string of the molecule is CC1(C)CCCNC(C)(C)C1. The third-order valence-electron chi connectivity index (χ3n) is 2.55. The normalized spacial score (nSPS) is 29.5. The number of rotatable bonds is 0. The van der Waals surface area contributed by atoms with Gasteiger partial charge >= 0.3 is 0 Å². The molecular weight excluding hydrogens is 134 g/mol. The van der Waals surface area contributed by atoms with Gasteiger partial charge < -0.3 is 5.32 Å². The van der Waals surface area contributed by atoms with Gasteiger partial charge in [-0.1, -0.05) is 13.8 Å². The van der Waals surface area contributed by atoms with E-state index in [1.165, 1.54) is 25.8 Å². The van der Waals surface area contributed by atoms with Crippen LogP contribution in [-0.2, 0) is 0 Å². The Hall–Kier alpha value is -0.0400. The fourth-order valence-electron chi connectivity index (χ4n) is 2.34. The molecule has 11 heavy (non-hydrogen) atoms. The van der Waals surface area contributed by atoms with Crippen LogP contribution in [0.3, 0.4) is 0 Å². The van der Waals surface area contributed by atoms with Crippen LogP contribution >= 0.6 is 0 Å². The highest BCUT2D eigenvalue weighted by Gasteiger charge is 2.30. The molecule has 1 rings (SSSR count). The van der Waals surface area contributed by atoms with E-state index in [2.05, 4.69) is 33.0 Å². The highest BCUT2D eigenvalue weighted by atomic mass is 15.0. The maximum absolute atomic E-state index is 3.58. The van der Waals surface area contributed by atoms with Crippen LogP contribution in [-0.4, -0.2) is 12.1 Å². The molecule has 0 spiro atoms. The van der Waals surface area contributed by atoms with E-state index in [1.807, 2.05) is 0 Å². The molecular formula is C10H21N. The van der Waals surface area contributed by atoms with E-state index < -0.39 is 0 Å². The zero-order valence-corrected chi connectivity index (χ0v) is 8.33. The topological polar surface area (TPSA) is 12.0 Å². The van der Waals surface area contributed by atoms with Gasteiger partial charge in [0.15, 0.2) is 0 Å². The van der Waals surface area contributed by atoms with E-state index in [1.54, 1.807) is 0 Å². The summed E-state index contributed by atoms with van der Waals surface area (Å²) in [5, 5.41) is 3.58. The van der Waals surface area contributed by atoms with Crippen molar-refractivity contribution in [2.45, 2.75) is 52.5 Å². The monoisotopic (exact) mass is 155 g/mol. The first-order chi connectivity index (χ1) is 4.91. The molecule has 0 atom stereocenters. The molecule has 1 heterocycles. The van der Waals surface area contributed by atoms with Crippen LogP contribution in [0.4, 0.5) is 0 Å². The molecule has 1 fully saturated rings. The number of hydrogen-bond donors (Lipinski definition) is 1. The Morgan fingerprint density at radius 3 is 2.36 bits per heavy atom. The first-order valence-corrected chi connectivity index (χ1v) is 4.66. The summed E-state index contributed by atoms with van der Waals surface area (Å²) in [5.74, 6) is 0. The van der Waals surface area contributed by atoms with E-state index in [4.69, 9.17) is 0 Å². The van der Waals surface area contributed by atoms with E-state index in [0.29, 0.717) is 11.0 Å². The molecule has 0 aliphatic carbocycles. The number of nitrogens with one attached hydrogen (secondary N) is 1. The van der Waals surface area contributed by atoms with Gasteiger partial charge in [-0.15, -0.1) is 0 Å². The zero-order chi connectivity index (χ0) is 8.54. The summed E-state index contributed by atoms with van der Waals surface area (Å²) in [7, 11) is 0. The van der Waals surface area contributed by atoms with Crippen molar-refractivity contribution < 1.29 is 0 Å². The van der Waals surface area contributed by atoms with Crippen molar-refractivity contribution in [3.8, 4) is 0 Å². The standard InChI is InChI=1S/C10H21N/c1-9(2)6-5-7-11-10(3,4)8-9/h11H,5-8H2,1-4H3. The molecule has 1 aliphatic heterocycles. The molecule has 1 saturated heterocycles. The third kappa shape index (κ3) is 2.82. The van der Waals surface area contributed by atoms with Gasteiger partial charge in [0.2, 0.25) is 0 Å². The van der Waals surface area contributed by atoms with E-state index in [9.17, 15) is 0 Å². The Balaban J connectivity index is 2.62. The van der Waals surface area contributed by atoms with Gasteiger partial charge in [-0.2, -0.15) is 0 Å². The molecule has 0 radical (unpaired) electrons. The van der Waals surface area contributed by atoms with E-state index >= 15 is 0 Å². The highest BCUT2D eigenvalue weighted by Crippen LogP contribution is 2.34. The average molecular weight is 155 g/mol. The van der Waals surface area contributed by atoms with Crippen LogP contribution in [0.5, 0.6) is 0 Å². The summed E-state index contributed by atoms with van der Waals surface area (Å²) in [6.07, 6.45) is 3.99. The Bertz CT molecular complexity index is 120. The second kappa shape index (κ2) is 2.78. The minimum Gasteiger partial charge on any atom is -0.312 e. The van der Waals surface area contributed by atoms with Crippen molar-refractivity contribution in [2.75, 3.05) is 6.54 Å². The minimum atomic E-state index is 0.347. The fraction of sp³-hybridized carbons (Fsp3) is 1.00. The van der Waals surface area contributed by atoms with E-state index in [-0.39, 0.29) is 0 Å². The molecule has 0 saturated carbocycles. The van der Waals surface area contributed by atoms with Crippen LogP contribution in [0.15, 0.2) is 0 Å². The molecule has 0 unspecified atom stereocenters. The minimum absolute atomic E-state index is 0.347. The lowest BCUT2D eigenvalue weighted by atomic mass is 9.79. The molecule has 1 nitrogen and oxygen atoms in total. The van der Waals surface area contributed by atoms with Gasteiger partial charge in [0, 0.05) is 5.54 Å². The second-order valence-electron chi connectivity index (χ2n) is 5.26. The average Bonchev–Trinajstić information content (AvgIpc) is 1.86. The van der Waals surface area contributed by atoms with Crippen molar-refractivity contribution in [3.05, 3.63) is 0 Å². The summed E-state index contributed by atoms with van der Waals surface area (Å²) < 4.78 is 0. The van der Waals surface area contributed by atoms with Gasteiger partial charge in [0.05, 0.1) is 0 Å². The summed E-state index contributed by atoms with van der Waals surface area (Å²) in [4.78, 5) is 0. The van der Waals surface area contributed by atoms with Crippen LogP contribution in [0.25, 0.3) is 0 Å². The zero-order valence-electron chi connectivity index (χ0n) is 8.33. The molecule has 0 aromatic rings. The Morgan fingerprint density at radius 1 is 1.09 bits per heavy atom. The largest absolute Gasteiger partial charge is 0.312 e. The van der Waals surface area contributed by atoms with Gasteiger partial charge in [0.25, 0.3) is 0 Å². The number of hydrogen-bond acceptors (Lipinski definition) is 1. The summed E-state index contributed by atoms with van der Waals surface area (Å²) in [5.41, 5.74) is 0.882. The smallest absolute Gasteiger partial charge is 0.0130 e. The Labute approximate surface area is 70.6 Å². The van der Waals surface area contributed by atoms with Crippen LogP contribution in [0.1, 0.15) is 47.0 Å². The van der Waals surface area contributed by atoms with Gasteiger partial charge in [-0.05, 0) is 45.1 Å². The van der Waals surface area contributed by atoms with Crippen LogP contribution in [0.2, 0.25) is 0 Å². The lowest BCUT2D eigenvalue weighted by Gasteiger charge is -2.32. The first kappa shape index (κ1) is 9.05. The predicted molar refractivity (Wildman–Crippen MR) is 49.7 cm³/mol. The molecule has 1 heteroatoms. The summed E-state index contributed by atoms with van der Waals surface area (Å²) >= 11 is 0. The molecule has 66 valence electrons. The molecule has 1 aliphatic rings. The fourth-order valence-corrected chi connectivity index (χ4v) is 2.34. The van der Waals surface area contributed by atoms with Crippen molar-refractivity contribution in [1.82, 2.24) is 5.32 Å². The van der Waals surface area contributed by atoms with Crippen molar-refractivity contribution in [3.63, 3.8) is 0 Å². The molecule has 0 amide bonds. The van der Waals surface area contributed by atoms with Crippen molar-refractivity contribution in [1.29, 1.82) is 0 Å². The van der Waals surface area contributed by atoms with Crippen LogP contribution in [0, 0.1) is 5.41 Å². The van der Waals surface area contributed by atoms with Gasteiger partial charge in [-0.25, -0.2) is 0 Å². The van der Waals surface area contributed by atoms with E-state index in [0.717, 1.165) is 0 Å². The third-order valence-corrected chi connectivity index (χ3v) is 2.55. The quantitative estimate of drug-likeness (QED) is 0.567. The lowest BCUT2D eigenvalue weighted by molar-refractivity contribution is 0.243. The highest BCUT2D eigenvalue weighted by molar-refractivity contribution is 4.88. The first-order valence-electron chi connectivity index (χ1n) is 4.66. The van der Waals surface area contributed by atoms with Gasteiger partial charge in [0.1, 0.15) is 0 Å². The summed E-state index contributed by atoms with van der Waals surface area (Å²) in [6, 6.07) is 0. The summed E-state index contributed by atoms with van der Waals surface area (Å²) in [6.45, 7) is 10.6. The Kier molecular flexibility index (Phi) is 2.29. The molecule has 0 aromatic carbocycles. The maximum Gasteiger partial charge on any atom is 0.0130 e. The second-order valence-corrected chi connectivity index (χ2v) is 5.26. The molecule has 0 aromatic heterocycles. The lowest BCUT2D eigenvalue weighted by Crippen LogP contribution is -2.40. The predicted octanol–water partition coefficient (Wildman–Crippen LogP) is 2.56. The maximum atomic E-state index is 3.58. The van der Waals surface area contributed by atoms with Gasteiger partial charge in [-0.3, -0.25) is 0 Å². The molecule has 1 N–H and O–H groups in total. The van der Waals surface area contributed by atoms with Crippen molar-refractivity contribution >= 4 is 0 Å². The molecule has 0 bridgehead atoms. The Morgan fingerprint density at radius 2 is 1.73 bits per heavy atom. The van der Waals surface area contributed by atoms with Crippen molar-refractivity contribution in [2.24, 2.45) is 5.41 Å².